The van der Waals surface area contributed by atoms with Crippen LogP contribution >= 0.6 is 11.3 Å². The first-order valence-corrected chi connectivity index (χ1v) is 7.09. The van der Waals surface area contributed by atoms with Crippen molar-refractivity contribution in [2.75, 3.05) is 5.32 Å². The summed E-state index contributed by atoms with van der Waals surface area (Å²) in [6.45, 7) is 1.77. The molecule has 0 radical (unpaired) electrons. The zero-order valence-electron chi connectivity index (χ0n) is 11.1. The van der Waals surface area contributed by atoms with E-state index in [-0.39, 0.29) is 17.5 Å². The highest BCUT2D eigenvalue weighted by atomic mass is 32.1. The number of aromatic nitrogens is 1. The predicted molar refractivity (Wildman–Crippen MR) is 78.9 cm³/mol. The van der Waals surface area contributed by atoms with Crippen molar-refractivity contribution in [1.82, 2.24) is 4.98 Å². The minimum Gasteiger partial charge on any atom is -0.456 e. The second-order valence-electron chi connectivity index (χ2n) is 4.41. The fourth-order valence-electron chi connectivity index (χ4n) is 1.83. The van der Waals surface area contributed by atoms with Crippen LogP contribution in [-0.2, 0) is 0 Å². The third-order valence-electron chi connectivity index (χ3n) is 2.81. The number of hydrogen-bond acceptors (Lipinski definition) is 4. The summed E-state index contributed by atoms with van der Waals surface area (Å²) in [6.07, 6.45) is 0. The second-order valence-corrected chi connectivity index (χ2v) is 5.27. The molecule has 4 nitrogen and oxygen atoms in total. The number of halogens is 1. The third kappa shape index (κ3) is 3.00. The zero-order valence-corrected chi connectivity index (χ0v) is 11.9. The Balaban J connectivity index is 1.78. The molecule has 0 fully saturated rings. The Morgan fingerprint density at radius 2 is 2.19 bits per heavy atom. The molecule has 0 saturated carbocycles. The molecule has 6 heteroatoms. The van der Waals surface area contributed by atoms with Crippen molar-refractivity contribution < 1.29 is 13.6 Å². The van der Waals surface area contributed by atoms with E-state index in [1.165, 1.54) is 23.5 Å². The molecule has 0 aliphatic carbocycles. The molecule has 106 valence electrons. The van der Waals surface area contributed by atoms with Gasteiger partial charge in [-0.15, -0.1) is 11.3 Å². The van der Waals surface area contributed by atoms with Gasteiger partial charge in [-0.2, -0.15) is 0 Å². The van der Waals surface area contributed by atoms with Gasteiger partial charge < -0.3 is 4.42 Å². The van der Waals surface area contributed by atoms with E-state index in [0.717, 1.165) is 0 Å². The molecule has 0 bridgehead atoms. The molecule has 3 rings (SSSR count). The Labute approximate surface area is 124 Å². The number of aryl methyl sites for hydroxylation is 1. The number of thiazole rings is 1. The van der Waals surface area contributed by atoms with Gasteiger partial charge in [0.2, 0.25) is 0 Å². The number of amides is 1. The molecule has 1 aromatic carbocycles. The van der Waals surface area contributed by atoms with Crippen molar-refractivity contribution in [3.8, 4) is 11.3 Å². The fraction of sp³-hybridized carbons (Fsp3) is 0.0667. The van der Waals surface area contributed by atoms with Gasteiger partial charge in [-0.05, 0) is 31.2 Å². The van der Waals surface area contributed by atoms with Crippen molar-refractivity contribution in [2.45, 2.75) is 6.92 Å². The normalized spacial score (nSPS) is 10.6. The lowest BCUT2D eigenvalue weighted by molar-refractivity contribution is 0.0995. The van der Waals surface area contributed by atoms with E-state index in [1.54, 1.807) is 36.6 Å². The van der Waals surface area contributed by atoms with Crippen molar-refractivity contribution in [3.63, 3.8) is 0 Å². The standard InChI is InChI=1S/C15H11FN2O2S/c1-9-5-6-13(20-9)14(19)18-15-17-12(8-21-15)10-3-2-4-11(16)7-10/h2-8H,1H3,(H,17,18,19). The molecule has 2 heterocycles. The Kier molecular flexibility index (Phi) is 3.53. The highest BCUT2D eigenvalue weighted by Crippen LogP contribution is 2.25. The van der Waals surface area contributed by atoms with Gasteiger partial charge in [0.15, 0.2) is 10.9 Å². The lowest BCUT2D eigenvalue weighted by Gasteiger charge is -1.98. The Morgan fingerprint density at radius 3 is 2.90 bits per heavy atom. The summed E-state index contributed by atoms with van der Waals surface area (Å²) in [5, 5.41) is 4.86. The lowest BCUT2D eigenvalue weighted by atomic mass is 10.2. The highest BCUT2D eigenvalue weighted by molar-refractivity contribution is 7.14. The number of furan rings is 1. The Hall–Kier alpha value is -2.47. The van der Waals surface area contributed by atoms with Crippen LogP contribution in [0.4, 0.5) is 9.52 Å². The third-order valence-corrected chi connectivity index (χ3v) is 3.57. The molecule has 3 aromatic rings. The molecule has 2 aromatic heterocycles. The summed E-state index contributed by atoms with van der Waals surface area (Å²) in [4.78, 5) is 16.2. The van der Waals surface area contributed by atoms with Crippen LogP contribution in [0.25, 0.3) is 11.3 Å². The van der Waals surface area contributed by atoms with E-state index in [0.29, 0.717) is 22.1 Å². The summed E-state index contributed by atoms with van der Waals surface area (Å²) in [5.74, 6) is 0.218. The number of nitrogens with one attached hydrogen (secondary N) is 1. The van der Waals surface area contributed by atoms with E-state index >= 15 is 0 Å². The molecular weight excluding hydrogens is 291 g/mol. The smallest absolute Gasteiger partial charge is 0.293 e. The number of carbonyl (C=O) groups excluding carboxylic acids is 1. The summed E-state index contributed by atoms with van der Waals surface area (Å²) in [5.41, 5.74) is 1.28. The van der Waals surface area contributed by atoms with Crippen molar-refractivity contribution in [3.05, 3.63) is 59.1 Å². The van der Waals surface area contributed by atoms with Gasteiger partial charge in [0.1, 0.15) is 11.6 Å². The van der Waals surface area contributed by atoms with E-state index < -0.39 is 0 Å². The van der Waals surface area contributed by atoms with Crippen LogP contribution < -0.4 is 5.32 Å². The number of carbonyl (C=O) groups is 1. The minimum atomic E-state index is -0.358. The molecular formula is C15H11FN2O2S. The first-order chi connectivity index (χ1) is 10.1. The number of anilines is 1. The largest absolute Gasteiger partial charge is 0.456 e. The van der Waals surface area contributed by atoms with Gasteiger partial charge in [-0.3, -0.25) is 10.1 Å². The number of benzene rings is 1. The van der Waals surface area contributed by atoms with Gasteiger partial charge in [0, 0.05) is 10.9 Å². The van der Waals surface area contributed by atoms with E-state index in [4.69, 9.17) is 4.42 Å². The molecule has 1 amide bonds. The first-order valence-electron chi connectivity index (χ1n) is 6.21. The number of hydrogen-bond donors (Lipinski definition) is 1. The Bertz CT molecular complexity index is 794. The summed E-state index contributed by atoms with van der Waals surface area (Å²) in [7, 11) is 0. The van der Waals surface area contributed by atoms with E-state index in [1.807, 2.05) is 0 Å². The lowest BCUT2D eigenvalue weighted by Crippen LogP contribution is -2.10. The van der Waals surface area contributed by atoms with Crippen LogP contribution in [-0.4, -0.2) is 10.9 Å². The second kappa shape index (κ2) is 5.49. The number of nitrogens with zero attached hydrogens (tertiary/aromatic N) is 1. The highest BCUT2D eigenvalue weighted by Gasteiger charge is 2.13. The molecule has 21 heavy (non-hydrogen) atoms. The predicted octanol–water partition coefficient (Wildman–Crippen LogP) is 4.10. The van der Waals surface area contributed by atoms with Crippen LogP contribution in [0.3, 0.4) is 0 Å². The SMILES string of the molecule is Cc1ccc(C(=O)Nc2nc(-c3cccc(F)c3)cs2)o1. The monoisotopic (exact) mass is 302 g/mol. The molecule has 1 N–H and O–H groups in total. The van der Waals surface area contributed by atoms with Crippen molar-refractivity contribution in [2.24, 2.45) is 0 Å². The summed E-state index contributed by atoms with van der Waals surface area (Å²) in [6, 6.07) is 9.47. The van der Waals surface area contributed by atoms with E-state index in [9.17, 15) is 9.18 Å². The van der Waals surface area contributed by atoms with Crippen LogP contribution in [0.15, 0.2) is 46.2 Å². The van der Waals surface area contributed by atoms with Crippen molar-refractivity contribution >= 4 is 22.4 Å². The molecule has 0 unspecified atom stereocenters. The van der Waals surface area contributed by atoms with Gasteiger partial charge in [0.25, 0.3) is 5.91 Å². The van der Waals surface area contributed by atoms with Gasteiger partial charge in [-0.1, -0.05) is 12.1 Å². The quantitative estimate of drug-likeness (QED) is 0.792. The molecule has 0 spiro atoms. The van der Waals surface area contributed by atoms with Crippen LogP contribution in [0.2, 0.25) is 0 Å². The molecule has 0 aliphatic heterocycles. The van der Waals surface area contributed by atoms with Gasteiger partial charge >= 0.3 is 0 Å². The van der Waals surface area contributed by atoms with E-state index in [2.05, 4.69) is 10.3 Å². The van der Waals surface area contributed by atoms with Gasteiger partial charge in [0.05, 0.1) is 5.69 Å². The number of rotatable bonds is 3. The average molecular weight is 302 g/mol. The molecule has 0 atom stereocenters. The van der Waals surface area contributed by atoms with Gasteiger partial charge in [-0.25, -0.2) is 9.37 Å². The van der Waals surface area contributed by atoms with Crippen LogP contribution in [0.5, 0.6) is 0 Å². The summed E-state index contributed by atoms with van der Waals surface area (Å²) >= 11 is 1.27. The van der Waals surface area contributed by atoms with Crippen molar-refractivity contribution in [1.29, 1.82) is 0 Å². The zero-order chi connectivity index (χ0) is 14.8. The summed E-state index contributed by atoms with van der Waals surface area (Å²) < 4.78 is 18.4. The molecule has 0 aliphatic rings. The minimum absolute atomic E-state index is 0.231. The maximum absolute atomic E-state index is 13.2. The average Bonchev–Trinajstić information content (AvgIpc) is 3.08. The maximum Gasteiger partial charge on any atom is 0.293 e. The maximum atomic E-state index is 13.2. The Morgan fingerprint density at radius 1 is 1.33 bits per heavy atom. The van der Waals surface area contributed by atoms with Crippen LogP contribution in [0, 0.1) is 12.7 Å². The fourth-order valence-corrected chi connectivity index (χ4v) is 2.54. The first kappa shape index (κ1) is 13.5. The topological polar surface area (TPSA) is 55.1 Å². The molecule has 0 saturated heterocycles. The van der Waals surface area contributed by atoms with Crippen LogP contribution in [0.1, 0.15) is 16.3 Å².